The zero-order valence-corrected chi connectivity index (χ0v) is 6.77. The number of nitrogens with zero attached hydrogens (tertiary/aromatic N) is 1. The number of hydrogen-bond donors (Lipinski definition) is 1. The fourth-order valence-electron chi connectivity index (χ4n) is 0.851. The summed E-state index contributed by atoms with van der Waals surface area (Å²) in [5, 5.41) is 2.90. The summed E-state index contributed by atoms with van der Waals surface area (Å²) in [6.07, 6.45) is 1.26. The van der Waals surface area contributed by atoms with Crippen LogP contribution in [0.2, 0.25) is 0 Å². The first-order chi connectivity index (χ1) is 5.75. The zero-order chi connectivity index (χ0) is 8.97. The minimum Gasteiger partial charge on any atom is -0.313 e. The van der Waals surface area contributed by atoms with E-state index < -0.39 is 11.8 Å². The number of aromatic nitrogens is 1. The lowest BCUT2D eigenvalue weighted by Gasteiger charge is -2.02. The van der Waals surface area contributed by atoms with Crippen molar-refractivity contribution in [2.45, 2.75) is 13.5 Å². The van der Waals surface area contributed by atoms with Crippen LogP contribution in [0.1, 0.15) is 12.5 Å². The first-order valence-electron chi connectivity index (χ1n) is 3.75. The quantitative estimate of drug-likeness (QED) is 0.698. The van der Waals surface area contributed by atoms with Crippen LogP contribution in [-0.4, -0.2) is 11.5 Å². The van der Waals surface area contributed by atoms with Crippen molar-refractivity contribution in [3.05, 3.63) is 29.6 Å². The van der Waals surface area contributed by atoms with Gasteiger partial charge in [0.2, 0.25) is 5.95 Å². The maximum atomic E-state index is 12.8. The average Bonchev–Trinajstić information content (AvgIpc) is 2.08. The highest BCUT2D eigenvalue weighted by Crippen LogP contribution is 2.07. The van der Waals surface area contributed by atoms with E-state index in [4.69, 9.17) is 0 Å². The van der Waals surface area contributed by atoms with Gasteiger partial charge in [-0.15, -0.1) is 0 Å². The summed E-state index contributed by atoms with van der Waals surface area (Å²) >= 11 is 0. The number of halogens is 2. The molecule has 1 heterocycles. The SMILES string of the molecule is CCNCc1ccnc(F)c1F. The van der Waals surface area contributed by atoms with Crippen molar-refractivity contribution in [1.82, 2.24) is 10.3 Å². The standard InChI is InChI=1S/C8H10F2N2/c1-2-11-5-6-3-4-12-8(10)7(6)9/h3-4,11H,2,5H2,1H3. The molecule has 0 bridgehead atoms. The maximum absolute atomic E-state index is 12.8. The molecular weight excluding hydrogens is 162 g/mol. The molecule has 0 aliphatic rings. The second kappa shape index (κ2) is 4.11. The minimum absolute atomic E-state index is 0.310. The van der Waals surface area contributed by atoms with E-state index in [0.717, 1.165) is 6.54 Å². The zero-order valence-electron chi connectivity index (χ0n) is 6.77. The van der Waals surface area contributed by atoms with Crippen LogP contribution in [0.15, 0.2) is 12.3 Å². The van der Waals surface area contributed by atoms with Crippen LogP contribution in [0.25, 0.3) is 0 Å². The van der Waals surface area contributed by atoms with Gasteiger partial charge in [-0.25, -0.2) is 9.37 Å². The van der Waals surface area contributed by atoms with Gasteiger partial charge in [0.25, 0.3) is 0 Å². The fraction of sp³-hybridized carbons (Fsp3) is 0.375. The van der Waals surface area contributed by atoms with E-state index in [9.17, 15) is 8.78 Å². The largest absolute Gasteiger partial charge is 0.313 e. The van der Waals surface area contributed by atoms with Crippen molar-refractivity contribution < 1.29 is 8.78 Å². The molecule has 12 heavy (non-hydrogen) atoms. The van der Waals surface area contributed by atoms with Crippen LogP contribution < -0.4 is 5.32 Å². The van der Waals surface area contributed by atoms with E-state index in [2.05, 4.69) is 10.3 Å². The topological polar surface area (TPSA) is 24.9 Å². The first kappa shape index (κ1) is 9.06. The smallest absolute Gasteiger partial charge is 0.249 e. The Kier molecular flexibility index (Phi) is 3.10. The molecule has 0 amide bonds. The van der Waals surface area contributed by atoms with E-state index in [1.165, 1.54) is 12.3 Å². The van der Waals surface area contributed by atoms with Crippen LogP contribution >= 0.6 is 0 Å². The Balaban J connectivity index is 2.78. The third-order valence-corrected chi connectivity index (χ3v) is 1.49. The second-order valence-electron chi connectivity index (χ2n) is 2.36. The number of hydrogen-bond acceptors (Lipinski definition) is 2. The lowest BCUT2D eigenvalue weighted by Crippen LogP contribution is -2.13. The molecule has 1 N–H and O–H groups in total. The number of pyridine rings is 1. The Morgan fingerprint density at radius 1 is 1.50 bits per heavy atom. The Labute approximate surface area is 69.6 Å². The summed E-state index contributed by atoms with van der Waals surface area (Å²) in [6, 6.07) is 1.46. The molecule has 0 aromatic carbocycles. The highest BCUT2D eigenvalue weighted by atomic mass is 19.2. The van der Waals surface area contributed by atoms with E-state index >= 15 is 0 Å². The molecule has 1 rings (SSSR count). The van der Waals surface area contributed by atoms with Crippen molar-refractivity contribution in [2.75, 3.05) is 6.54 Å². The summed E-state index contributed by atoms with van der Waals surface area (Å²) in [5.74, 6) is -1.90. The van der Waals surface area contributed by atoms with Gasteiger partial charge in [-0.05, 0) is 12.6 Å². The maximum Gasteiger partial charge on any atom is 0.249 e. The van der Waals surface area contributed by atoms with Crippen molar-refractivity contribution in [2.24, 2.45) is 0 Å². The van der Waals surface area contributed by atoms with Crippen molar-refractivity contribution in [3.63, 3.8) is 0 Å². The number of nitrogens with one attached hydrogen (secondary N) is 1. The lowest BCUT2D eigenvalue weighted by atomic mass is 10.2. The van der Waals surface area contributed by atoms with Gasteiger partial charge in [0, 0.05) is 18.3 Å². The molecule has 0 aliphatic carbocycles. The van der Waals surface area contributed by atoms with E-state index in [1.54, 1.807) is 0 Å². The lowest BCUT2D eigenvalue weighted by molar-refractivity contribution is 0.467. The molecule has 0 fully saturated rings. The third-order valence-electron chi connectivity index (χ3n) is 1.49. The normalized spacial score (nSPS) is 10.2. The van der Waals surface area contributed by atoms with Gasteiger partial charge in [0.05, 0.1) is 0 Å². The summed E-state index contributed by atoms with van der Waals surface area (Å²) in [6.45, 7) is 2.96. The molecule has 0 spiro atoms. The van der Waals surface area contributed by atoms with Gasteiger partial charge in [-0.2, -0.15) is 4.39 Å². The van der Waals surface area contributed by atoms with E-state index in [-0.39, 0.29) is 0 Å². The molecule has 0 atom stereocenters. The van der Waals surface area contributed by atoms with Crippen molar-refractivity contribution >= 4 is 0 Å². The monoisotopic (exact) mass is 172 g/mol. The molecule has 1 aromatic heterocycles. The molecule has 0 aliphatic heterocycles. The van der Waals surface area contributed by atoms with Crippen LogP contribution in [0, 0.1) is 11.8 Å². The van der Waals surface area contributed by atoms with Gasteiger partial charge in [-0.3, -0.25) is 0 Å². The fourth-order valence-corrected chi connectivity index (χ4v) is 0.851. The molecule has 0 radical (unpaired) electrons. The first-order valence-corrected chi connectivity index (χ1v) is 3.75. The van der Waals surface area contributed by atoms with Crippen molar-refractivity contribution in [3.8, 4) is 0 Å². The molecule has 1 aromatic rings. The number of rotatable bonds is 3. The minimum atomic E-state index is -1.04. The molecule has 0 saturated heterocycles. The summed E-state index contributed by atoms with van der Waals surface area (Å²) < 4.78 is 25.3. The summed E-state index contributed by atoms with van der Waals surface area (Å²) in [4.78, 5) is 3.18. The molecular formula is C8H10F2N2. The van der Waals surface area contributed by atoms with Gasteiger partial charge >= 0.3 is 0 Å². The average molecular weight is 172 g/mol. The predicted molar refractivity (Wildman–Crippen MR) is 41.5 cm³/mol. The molecule has 2 nitrogen and oxygen atoms in total. The van der Waals surface area contributed by atoms with Gasteiger partial charge < -0.3 is 5.32 Å². The van der Waals surface area contributed by atoms with Gasteiger partial charge in [0.15, 0.2) is 5.82 Å². The van der Waals surface area contributed by atoms with E-state index in [1.807, 2.05) is 6.92 Å². The second-order valence-corrected chi connectivity index (χ2v) is 2.36. The van der Waals surface area contributed by atoms with Crippen LogP contribution in [0.5, 0.6) is 0 Å². The Hall–Kier alpha value is -1.03. The molecule has 0 unspecified atom stereocenters. The molecule has 4 heteroatoms. The van der Waals surface area contributed by atoms with Gasteiger partial charge in [-0.1, -0.05) is 6.92 Å². The third kappa shape index (κ3) is 1.98. The molecule has 0 saturated carbocycles. The van der Waals surface area contributed by atoms with Gasteiger partial charge in [0.1, 0.15) is 0 Å². The summed E-state index contributed by atoms with van der Waals surface area (Å²) in [7, 11) is 0. The highest BCUT2D eigenvalue weighted by molar-refractivity contribution is 5.13. The predicted octanol–water partition coefficient (Wildman–Crippen LogP) is 1.47. The Morgan fingerprint density at radius 3 is 2.92 bits per heavy atom. The van der Waals surface area contributed by atoms with E-state index in [0.29, 0.717) is 12.1 Å². The van der Waals surface area contributed by atoms with Crippen LogP contribution in [0.4, 0.5) is 8.78 Å². The van der Waals surface area contributed by atoms with Crippen molar-refractivity contribution in [1.29, 1.82) is 0 Å². The molecule has 66 valence electrons. The Morgan fingerprint density at radius 2 is 2.25 bits per heavy atom. The highest BCUT2D eigenvalue weighted by Gasteiger charge is 2.07. The van der Waals surface area contributed by atoms with Crippen LogP contribution in [-0.2, 0) is 6.54 Å². The van der Waals surface area contributed by atoms with Crippen LogP contribution in [0.3, 0.4) is 0 Å². The summed E-state index contributed by atoms with van der Waals surface area (Å²) in [5.41, 5.74) is 0.310. The Bertz CT molecular complexity index is 263.